The Morgan fingerprint density at radius 2 is 1.94 bits per heavy atom. The summed E-state index contributed by atoms with van der Waals surface area (Å²) in [6.45, 7) is 5.63. The van der Waals surface area contributed by atoms with E-state index in [-0.39, 0.29) is 11.8 Å². The lowest BCUT2D eigenvalue weighted by Crippen LogP contribution is -2.30. The maximum absolute atomic E-state index is 11.6. The molecule has 4 nitrogen and oxygen atoms in total. The summed E-state index contributed by atoms with van der Waals surface area (Å²) in [4.78, 5) is 22.3. The first-order chi connectivity index (χ1) is 8.40. The third-order valence-corrected chi connectivity index (χ3v) is 2.73. The Bertz CT molecular complexity index is 449. The van der Waals surface area contributed by atoms with Crippen LogP contribution in [0.4, 0.5) is 10.5 Å². The molecule has 2 amide bonds. The van der Waals surface area contributed by atoms with E-state index in [4.69, 9.17) is 11.6 Å². The molecule has 0 aliphatic carbocycles. The van der Waals surface area contributed by atoms with Gasteiger partial charge in [0.25, 0.3) is 0 Å². The zero-order valence-electron chi connectivity index (χ0n) is 10.8. The third kappa shape index (κ3) is 4.37. The molecular formula is C13H17ClN2O2. The Balaban J connectivity index is 2.62. The van der Waals surface area contributed by atoms with Gasteiger partial charge in [-0.1, -0.05) is 17.7 Å². The maximum Gasteiger partial charge on any atom is 0.319 e. The van der Waals surface area contributed by atoms with Gasteiger partial charge in [0, 0.05) is 13.0 Å². The van der Waals surface area contributed by atoms with E-state index in [1.165, 1.54) is 6.92 Å². The van der Waals surface area contributed by atoms with Crippen LogP contribution in [0.2, 0.25) is 5.02 Å². The van der Waals surface area contributed by atoms with E-state index in [1.807, 2.05) is 19.9 Å². The topological polar surface area (TPSA) is 58.2 Å². The largest absolute Gasteiger partial charge is 0.337 e. The molecule has 0 aliphatic rings. The predicted octanol–water partition coefficient (Wildman–Crippen LogP) is 3.06. The van der Waals surface area contributed by atoms with Crippen molar-refractivity contribution in [3.8, 4) is 0 Å². The average Bonchev–Trinajstić information content (AvgIpc) is 2.22. The van der Waals surface area contributed by atoms with Crippen LogP contribution in [0.5, 0.6) is 0 Å². The number of urea groups is 1. The SMILES string of the molecule is CC(=O)CCNC(=O)Nc1c(C)cc(C)cc1Cl. The van der Waals surface area contributed by atoms with E-state index < -0.39 is 0 Å². The number of benzene rings is 1. The highest BCUT2D eigenvalue weighted by atomic mass is 35.5. The van der Waals surface area contributed by atoms with Gasteiger partial charge >= 0.3 is 6.03 Å². The zero-order chi connectivity index (χ0) is 13.7. The molecule has 0 saturated carbocycles. The molecule has 2 N–H and O–H groups in total. The van der Waals surface area contributed by atoms with Crippen molar-refractivity contribution in [1.29, 1.82) is 0 Å². The number of halogens is 1. The monoisotopic (exact) mass is 268 g/mol. The summed E-state index contributed by atoms with van der Waals surface area (Å²) >= 11 is 6.07. The van der Waals surface area contributed by atoms with Crippen LogP contribution in [-0.4, -0.2) is 18.4 Å². The predicted molar refractivity (Wildman–Crippen MR) is 73.2 cm³/mol. The second-order valence-electron chi connectivity index (χ2n) is 4.27. The van der Waals surface area contributed by atoms with Gasteiger partial charge in [0.1, 0.15) is 5.78 Å². The fourth-order valence-electron chi connectivity index (χ4n) is 1.58. The van der Waals surface area contributed by atoms with Crippen LogP contribution in [0.25, 0.3) is 0 Å². The second kappa shape index (κ2) is 6.40. The van der Waals surface area contributed by atoms with Crippen LogP contribution in [0.1, 0.15) is 24.5 Å². The normalized spacial score (nSPS) is 10.0. The number of rotatable bonds is 4. The molecule has 1 aromatic carbocycles. The molecule has 5 heteroatoms. The van der Waals surface area contributed by atoms with Crippen molar-refractivity contribution in [3.63, 3.8) is 0 Å². The van der Waals surface area contributed by atoms with E-state index in [0.29, 0.717) is 23.7 Å². The Morgan fingerprint density at radius 1 is 1.28 bits per heavy atom. The lowest BCUT2D eigenvalue weighted by molar-refractivity contribution is -0.116. The highest BCUT2D eigenvalue weighted by Crippen LogP contribution is 2.27. The molecule has 0 saturated heterocycles. The van der Waals surface area contributed by atoms with E-state index >= 15 is 0 Å². The van der Waals surface area contributed by atoms with Crippen LogP contribution in [-0.2, 0) is 4.79 Å². The number of hydrogen-bond donors (Lipinski definition) is 2. The summed E-state index contributed by atoms with van der Waals surface area (Å²) in [6.07, 6.45) is 0.327. The van der Waals surface area contributed by atoms with E-state index in [2.05, 4.69) is 10.6 Å². The quantitative estimate of drug-likeness (QED) is 0.882. The van der Waals surface area contributed by atoms with Gasteiger partial charge in [0.15, 0.2) is 0 Å². The molecule has 1 rings (SSSR count). The maximum atomic E-state index is 11.6. The first-order valence-corrected chi connectivity index (χ1v) is 6.09. The summed E-state index contributed by atoms with van der Waals surface area (Å²) in [5, 5.41) is 5.80. The number of carbonyl (C=O) groups excluding carboxylic acids is 2. The van der Waals surface area contributed by atoms with Gasteiger partial charge in [-0.15, -0.1) is 0 Å². The summed E-state index contributed by atoms with van der Waals surface area (Å²) < 4.78 is 0. The fourth-order valence-corrected chi connectivity index (χ4v) is 1.95. The van der Waals surface area contributed by atoms with Gasteiger partial charge in [-0.2, -0.15) is 0 Å². The molecule has 0 fully saturated rings. The number of anilines is 1. The van der Waals surface area contributed by atoms with Gasteiger partial charge in [0.2, 0.25) is 0 Å². The molecule has 0 unspecified atom stereocenters. The van der Waals surface area contributed by atoms with Crippen molar-refractivity contribution in [1.82, 2.24) is 5.32 Å². The Kier molecular flexibility index (Phi) is 5.16. The lowest BCUT2D eigenvalue weighted by Gasteiger charge is -2.12. The standard InChI is InChI=1S/C13H17ClN2O2/c1-8-6-9(2)12(11(14)7-8)16-13(18)15-5-4-10(3)17/h6-7H,4-5H2,1-3H3,(H2,15,16,18). The van der Waals surface area contributed by atoms with Crippen molar-refractivity contribution in [2.24, 2.45) is 0 Å². The first-order valence-electron chi connectivity index (χ1n) is 5.71. The summed E-state index contributed by atoms with van der Waals surface area (Å²) in [5.41, 5.74) is 2.55. The molecule has 0 aromatic heterocycles. The number of nitrogens with one attached hydrogen (secondary N) is 2. The van der Waals surface area contributed by atoms with E-state index in [0.717, 1.165) is 11.1 Å². The van der Waals surface area contributed by atoms with Crippen LogP contribution in [0, 0.1) is 13.8 Å². The van der Waals surface area contributed by atoms with Crippen molar-refractivity contribution in [2.45, 2.75) is 27.2 Å². The minimum atomic E-state index is -0.356. The number of ketones is 1. The minimum Gasteiger partial charge on any atom is -0.337 e. The van der Waals surface area contributed by atoms with E-state index in [1.54, 1.807) is 6.07 Å². The summed E-state index contributed by atoms with van der Waals surface area (Å²) in [7, 11) is 0. The molecule has 1 aromatic rings. The van der Waals surface area contributed by atoms with Gasteiger partial charge in [0.05, 0.1) is 10.7 Å². The first kappa shape index (κ1) is 14.5. The fraction of sp³-hybridized carbons (Fsp3) is 0.385. The number of amides is 2. The third-order valence-electron chi connectivity index (χ3n) is 2.43. The average molecular weight is 269 g/mol. The summed E-state index contributed by atoms with van der Waals surface area (Å²) in [6, 6.07) is 3.38. The molecule has 0 heterocycles. The van der Waals surface area contributed by atoms with Gasteiger partial charge in [-0.3, -0.25) is 4.79 Å². The Morgan fingerprint density at radius 3 is 2.50 bits per heavy atom. The van der Waals surface area contributed by atoms with Crippen LogP contribution < -0.4 is 10.6 Å². The number of aryl methyl sites for hydroxylation is 2. The highest BCUT2D eigenvalue weighted by Gasteiger charge is 2.09. The Hall–Kier alpha value is -1.55. The molecule has 0 spiro atoms. The molecule has 18 heavy (non-hydrogen) atoms. The molecular weight excluding hydrogens is 252 g/mol. The highest BCUT2D eigenvalue weighted by molar-refractivity contribution is 6.34. The zero-order valence-corrected chi connectivity index (χ0v) is 11.5. The number of Topliss-reactive ketones (excluding diaryl/α,β-unsaturated/α-hetero) is 1. The lowest BCUT2D eigenvalue weighted by atomic mass is 10.1. The Labute approximate surface area is 112 Å². The molecule has 0 bridgehead atoms. The van der Waals surface area contributed by atoms with Crippen molar-refractivity contribution < 1.29 is 9.59 Å². The second-order valence-corrected chi connectivity index (χ2v) is 4.68. The van der Waals surface area contributed by atoms with Crippen LogP contribution in [0.15, 0.2) is 12.1 Å². The molecule has 98 valence electrons. The summed E-state index contributed by atoms with van der Waals surface area (Å²) in [5.74, 6) is 0.0415. The minimum absolute atomic E-state index is 0.0415. The van der Waals surface area contributed by atoms with Crippen molar-refractivity contribution in [2.75, 3.05) is 11.9 Å². The van der Waals surface area contributed by atoms with Gasteiger partial charge in [-0.25, -0.2) is 4.79 Å². The van der Waals surface area contributed by atoms with Crippen LogP contribution >= 0.6 is 11.6 Å². The number of carbonyl (C=O) groups is 2. The number of hydrogen-bond acceptors (Lipinski definition) is 2. The van der Waals surface area contributed by atoms with E-state index in [9.17, 15) is 9.59 Å². The molecule has 0 aliphatic heterocycles. The molecule has 0 atom stereocenters. The van der Waals surface area contributed by atoms with Crippen molar-refractivity contribution in [3.05, 3.63) is 28.3 Å². The van der Waals surface area contributed by atoms with Gasteiger partial charge < -0.3 is 10.6 Å². The van der Waals surface area contributed by atoms with Crippen LogP contribution in [0.3, 0.4) is 0 Å². The molecule has 0 radical (unpaired) electrons. The smallest absolute Gasteiger partial charge is 0.319 e. The van der Waals surface area contributed by atoms with Gasteiger partial charge in [-0.05, 0) is 38.0 Å². The van der Waals surface area contributed by atoms with Crippen molar-refractivity contribution >= 4 is 29.1 Å².